The lowest BCUT2D eigenvalue weighted by Gasteiger charge is -2.41. The van der Waals surface area contributed by atoms with E-state index in [-0.39, 0.29) is 5.60 Å². The fourth-order valence-electron chi connectivity index (χ4n) is 2.51. The molecular weight excluding hydrogens is 174 g/mol. The van der Waals surface area contributed by atoms with E-state index in [1.54, 1.807) is 0 Å². The molecule has 1 aliphatic rings. The number of methoxy groups -OCH3 is 1. The summed E-state index contributed by atoms with van der Waals surface area (Å²) in [5.74, 6) is 0. The summed E-state index contributed by atoms with van der Waals surface area (Å²) in [6, 6.07) is 0.493. The van der Waals surface area contributed by atoms with Gasteiger partial charge >= 0.3 is 0 Å². The van der Waals surface area contributed by atoms with E-state index in [2.05, 4.69) is 19.2 Å². The maximum Gasteiger partial charge on any atom is 0.0828 e. The molecule has 1 atom stereocenters. The molecule has 0 amide bonds. The van der Waals surface area contributed by atoms with Gasteiger partial charge in [0.1, 0.15) is 0 Å². The summed E-state index contributed by atoms with van der Waals surface area (Å²) < 4.78 is 5.78. The molecule has 2 nitrogen and oxygen atoms in total. The number of hydrogen-bond acceptors (Lipinski definition) is 2. The Hall–Kier alpha value is -0.0800. The van der Waals surface area contributed by atoms with E-state index in [0.717, 1.165) is 6.54 Å². The van der Waals surface area contributed by atoms with Crippen LogP contribution in [0.25, 0.3) is 0 Å². The molecule has 84 valence electrons. The Morgan fingerprint density at radius 2 is 1.93 bits per heavy atom. The summed E-state index contributed by atoms with van der Waals surface area (Å²) in [5, 5.41) is 3.57. The minimum absolute atomic E-state index is 0.118. The van der Waals surface area contributed by atoms with Crippen molar-refractivity contribution in [1.82, 2.24) is 5.32 Å². The second-order valence-corrected chi connectivity index (χ2v) is 4.51. The highest BCUT2D eigenvalue weighted by Crippen LogP contribution is 2.33. The van der Waals surface area contributed by atoms with E-state index in [1.165, 1.54) is 38.5 Å². The molecular formula is C12H25NO. The van der Waals surface area contributed by atoms with Crippen molar-refractivity contribution >= 4 is 0 Å². The first kappa shape index (κ1) is 12.0. The third-order valence-corrected chi connectivity index (χ3v) is 3.60. The normalized spacial score (nSPS) is 23.4. The quantitative estimate of drug-likeness (QED) is 0.735. The first-order valence-electron chi connectivity index (χ1n) is 6.03. The molecule has 1 rings (SSSR count). The molecule has 1 unspecified atom stereocenters. The Balaban J connectivity index is 2.48. The van der Waals surface area contributed by atoms with E-state index >= 15 is 0 Å². The number of nitrogens with one attached hydrogen (secondary N) is 1. The highest BCUT2D eigenvalue weighted by molar-refractivity contribution is 4.92. The van der Waals surface area contributed by atoms with Crippen LogP contribution in [0.2, 0.25) is 0 Å². The zero-order valence-corrected chi connectivity index (χ0v) is 9.94. The van der Waals surface area contributed by atoms with Gasteiger partial charge in [-0.05, 0) is 32.7 Å². The molecule has 14 heavy (non-hydrogen) atoms. The van der Waals surface area contributed by atoms with Crippen molar-refractivity contribution in [2.45, 2.75) is 64.0 Å². The Morgan fingerprint density at radius 3 is 2.43 bits per heavy atom. The molecule has 2 heteroatoms. The van der Waals surface area contributed by atoms with E-state index in [1.807, 2.05) is 7.11 Å². The van der Waals surface area contributed by atoms with Crippen molar-refractivity contribution in [3.63, 3.8) is 0 Å². The minimum Gasteiger partial charge on any atom is -0.377 e. The van der Waals surface area contributed by atoms with Crippen LogP contribution in [-0.2, 0) is 4.74 Å². The van der Waals surface area contributed by atoms with Crippen molar-refractivity contribution in [2.75, 3.05) is 13.7 Å². The second kappa shape index (κ2) is 5.72. The van der Waals surface area contributed by atoms with Gasteiger partial charge in [0.05, 0.1) is 5.60 Å². The molecule has 0 aromatic heterocycles. The van der Waals surface area contributed by atoms with Crippen LogP contribution >= 0.6 is 0 Å². The van der Waals surface area contributed by atoms with Crippen LogP contribution in [0.3, 0.4) is 0 Å². The zero-order valence-electron chi connectivity index (χ0n) is 9.94. The van der Waals surface area contributed by atoms with Crippen LogP contribution in [0, 0.1) is 0 Å². The largest absolute Gasteiger partial charge is 0.377 e. The third kappa shape index (κ3) is 2.71. The molecule has 0 radical (unpaired) electrons. The topological polar surface area (TPSA) is 21.3 Å². The van der Waals surface area contributed by atoms with E-state index in [0.29, 0.717) is 6.04 Å². The standard InChI is InChI=1S/C12H25NO/c1-4-10-13-11(2)12(14-3)8-6-5-7-9-12/h11,13H,4-10H2,1-3H3. The van der Waals surface area contributed by atoms with Crippen LogP contribution in [0.1, 0.15) is 52.4 Å². The SMILES string of the molecule is CCCNC(C)C1(OC)CCCCC1. The fourth-order valence-corrected chi connectivity index (χ4v) is 2.51. The number of hydrogen-bond donors (Lipinski definition) is 1. The highest BCUT2D eigenvalue weighted by atomic mass is 16.5. The average molecular weight is 199 g/mol. The van der Waals surface area contributed by atoms with Crippen molar-refractivity contribution in [3.8, 4) is 0 Å². The lowest BCUT2D eigenvalue weighted by Crippen LogP contribution is -2.51. The van der Waals surface area contributed by atoms with Crippen molar-refractivity contribution in [1.29, 1.82) is 0 Å². The van der Waals surface area contributed by atoms with Crippen molar-refractivity contribution in [2.24, 2.45) is 0 Å². The first-order valence-corrected chi connectivity index (χ1v) is 6.03. The van der Waals surface area contributed by atoms with Gasteiger partial charge < -0.3 is 10.1 Å². The zero-order chi connectivity index (χ0) is 10.4. The van der Waals surface area contributed by atoms with E-state index in [4.69, 9.17) is 4.74 Å². The van der Waals surface area contributed by atoms with Gasteiger partial charge in [0.25, 0.3) is 0 Å². The lowest BCUT2D eigenvalue weighted by atomic mass is 9.79. The molecule has 1 aliphatic carbocycles. The molecule has 0 saturated heterocycles. The summed E-state index contributed by atoms with van der Waals surface area (Å²) in [6.45, 7) is 5.58. The van der Waals surface area contributed by atoms with Crippen molar-refractivity contribution in [3.05, 3.63) is 0 Å². The van der Waals surface area contributed by atoms with Gasteiger partial charge in [-0.3, -0.25) is 0 Å². The summed E-state index contributed by atoms with van der Waals surface area (Å²) in [5.41, 5.74) is 0.118. The molecule has 1 N–H and O–H groups in total. The average Bonchev–Trinajstić information content (AvgIpc) is 2.26. The van der Waals surface area contributed by atoms with Gasteiger partial charge in [0.2, 0.25) is 0 Å². The van der Waals surface area contributed by atoms with Crippen LogP contribution < -0.4 is 5.32 Å². The van der Waals surface area contributed by atoms with Gasteiger partial charge in [0, 0.05) is 13.2 Å². The Labute approximate surface area is 88.4 Å². The molecule has 0 bridgehead atoms. The smallest absolute Gasteiger partial charge is 0.0828 e. The predicted octanol–water partition coefficient (Wildman–Crippen LogP) is 2.72. The van der Waals surface area contributed by atoms with Gasteiger partial charge in [0.15, 0.2) is 0 Å². The Bertz CT molecular complexity index is 152. The lowest BCUT2D eigenvalue weighted by molar-refractivity contribution is -0.0628. The van der Waals surface area contributed by atoms with Gasteiger partial charge in [-0.1, -0.05) is 26.2 Å². The molecule has 0 spiro atoms. The van der Waals surface area contributed by atoms with E-state index < -0.39 is 0 Å². The summed E-state index contributed by atoms with van der Waals surface area (Å²) in [4.78, 5) is 0. The molecule has 0 aromatic rings. The third-order valence-electron chi connectivity index (χ3n) is 3.60. The monoisotopic (exact) mass is 199 g/mol. The summed E-state index contributed by atoms with van der Waals surface area (Å²) in [7, 11) is 1.87. The molecule has 0 aliphatic heterocycles. The minimum atomic E-state index is 0.118. The molecule has 1 fully saturated rings. The van der Waals surface area contributed by atoms with Crippen LogP contribution in [0.15, 0.2) is 0 Å². The highest BCUT2D eigenvalue weighted by Gasteiger charge is 2.36. The predicted molar refractivity (Wildman–Crippen MR) is 60.6 cm³/mol. The van der Waals surface area contributed by atoms with Crippen LogP contribution in [0.4, 0.5) is 0 Å². The number of rotatable bonds is 5. The molecule has 1 saturated carbocycles. The van der Waals surface area contributed by atoms with Gasteiger partial charge in [-0.15, -0.1) is 0 Å². The summed E-state index contributed by atoms with van der Waals surface area (Å²) in [6.07, 6.45) is 7.68. The second-order valence-electron chi connectivity index (χ2n) is 4.51. The van der Waals surface area contributed by atoms with Gasteiger partial charge in [-0.25, -0.2) is 0 Å². The maximum atomic E-state index is 5.78. The Kier molecular flexibility index (Phi) is 4.90. The fraction of sp³-hybridized carbons (Fsp3) is 1.00. The Morgan fingerprint density at radius 1 is 1.29 bits per heavy atom. The molecule has 0 aromatic carbocycles. The van der Waals surface area contributed by atoms with Crippen LogP contribution in [-0.4, -0.2) is 25.3 Å². The van der Waals surface area contributed by atoms with Gasteiger partial charge in [-0.2, -0.15) is 0 Å². The van der Waals surface area contributed by atoms with Crippen molar-refractivity contribution < 1.29 is 4.74 Å². The molecule has 0 heterocycles. The number of ether oxygens (including phenoxy) is 1. The summed E-state index contributed by atoms with van der Waals surface area (Å²) >= 11 is 0. The van der Waals surface area contributed by atoms with Crippen LogP contribution in [0.5, 0.6) is 0 Å². The first-order chi connectivity index (χ1) is 6.75. The van der Waals surface area contributed by atoms with E-state index in [9.17, 15) is 0 Å². The maximum absolute atomic E-state index is 5.78.